The maximum Gasteiger partial charge on any atom is 0.103 e. The third-order valence-corrected chi connectivity index (χ3v) is 19.5. The SMILES string of the molecule is C1=CCNC(N(C2CCC(C3CC(C4CCC(N(C5CCCCN5)C5CCCCN5)CC4)CC(C4CCC(N(C5CCCCN5)C5CCCCN5)CC4)C3)CC2)C2CCCCN2)=C1. The Morgan fingerprint density at radius 2 is 0.698 bits per heavy atom. The van der Waals surface area contributed by atoms with E-state index in [-0.39, 0.29) is 0 Å². The van der Waals surface area contributed by atoms with E-state index in [1.165, 1.54) is 212 Å². The van der Waals surface area contributed by atoms with Crippen molar-refractivity contribution < 1.29 is 0 Å². The van der Waals surface area contributed by atoms with Crippen LogP contribution in [0.3, 0.4) is 0 Å². The lowest BCUT2D eigenvalue weighted by Gasteiger charge is -2.52. The topological polar surface area (TPSA) is 81.9 Å². The summed E-state index contributed by atoms with van der Waals surface area (Å²) >= 11 is 0. The van der Waals surface area contributed by atoms with Crippen LogP contribution in [0, 0.1) is 35.5 Å². The summed E-state index contributed by atoms with van der Waals surface area (Å²) in [6.45, 7) is 7.01. The van der Waals surface area contributed by atoms with Gasteiger partial charge >= 0.3 is 0 Å². The first kappa shape index (κ1) is 45.6. The van der Waals surface area contributed by atoms with Gasteiger partial charge in [0.2, 0.25) is 0 Å². The lowest BCUT2D eigenvalue weighted by molar-refractivity contribution is -0.0253. The average Bonchev–Trinajstić information content (AvgIpc) is 3.37. The third kappa shape index (κ3) is 11.2. The largest absolute Gasteiger partial charge is 0.368 e. The Morgan fingerprint density at radius 1 is 0.349 bits per heavy atom. The molecule has 0 aromatic heterocycles. The molecule has 10 aliphatic rings. The second kappa shape index (κ2) is 22.7. The number of piperidine rings is 5. The molecular weight excluding hydrogens is 775 g/mol. The summed E-state index contributed by atoms with van der Waals surface area (Å²) in [4.78, 5) is 8.88. The van der Waals surface area contributed by atoms with Gasteiger partial charge in [-0.15, -0.1) is 0 Å². The van der Waals surface area contributed by atoms with E-state index in [1.54, 1.807) is 19.3 Å². The summed E-state index contributed by atoms with van der Waals surface area (Å²) in [5, 5.41) is 23.9. The number of hydrogen-bond donors (Lipinski definition) is 6. The zero-order valence-electron chi connectivity index (χ0n) is 40.1. The molecule has 6 N–H and O–H groups in total. The van der Waals surface area contributed by atoms with Gasteiger partial charge in [0.1, 0.15) is 5.82 Å². The molecular formula is C54H95N9. The Labute approximate surface area is 385 Å². The third-order valence-electron chi connectivity index (χ3n) is 19.5. The first-order valence-electron chi connectivity index (χ1n) is 28.4. The summed E-state index contributed by atoms with van der Waals surface area (Å²) in [6.07, 6.45) is 52.3. The highest BCUT2D eigenvalue weighted by Gasteiger charge is 2.45. The van der Waals surface area contributed by atoms with Crippen molar-refractivity contribution in [2.75, 3.05) is 39.3 Å². The zero-order valence-corrected chi connectivity index (χ0v) is 40.1. The van der Waals surface area contributed by atoms with Crippen molar-refractivity contribution >= 4 is 0 Å². The van der Waals surface area contributed by atoms with Gasteiger partial charge in [-0.25, -0.2) is 0 Å². The normalized spacial score (nSPS) is 42.3. The zero-order chi connectivity index (χ0) is 42.2. The Kier molecular flexibility index (Phi) is 16.4. The lowest BCUT2D eigenvalue weighted by atomic mass is 9.59. The molecule has 0 amide bonds. The van der Waals surface area contributed by atoms with E-state index in [0.717, 1.165) is 54.1 Å². The minimum absolute atomic E-state index is 0.497. The van der Waals surface area contributed by atoms with Crippen LogP contribution in [0.1, 0.15) is 193 Å². The average molecular weight is 870 g/mol. The molecule has 4 aliphatic carbocycles. The number of dihydropyridines is 1. The Hall–Kier alpha value is -1.20. The number of rotatable bonds is 12. The minimum Gasteiger partial charge on any atom is -0.368 e. The molecule has 6 aliphatic heterocycles. The molecule has 7 atom stereocenters. The fourth-order valence-corrected chi connectivity index (χ4v) is 16.3. The molecule has 9 fully saturated rings. The van der Waals surface area contributed by atoms with Crippen molar-refractivity contribution in [3.8, 4) is 0 Å². The van der Waals surface area contributed by atoms with Crippen LogP contribution in [0.25, 0.3) is 0 Å². The van der Waals surface area contributed by atoms with Crippen LogP contribution >= 0.6 is 0 Å². The molecule has 0 aromatic carbocycles. The van der Waals surface area contributed by atoms with Crippen molar-refractivity contribution in [1.29, 1.82) is 0 Å². The van der Waals surface area contributed by atoms with Crippen LogP contribution in [-0.4, -0.2) is 103 Å². The Morgan fingerprint density at radius 3 is 1.02 bits per heavy atom. The van der Waals surface area contributed by atoms with Gasteiger partial charge in [0.25, 0.3) is 0 Å². The second-order valence-electron chi connectivity index (χ2n) is 23.2. The summed E-state index contributed by atoms with van der Waals surface area (Å²) in [7, 11) is 0. The van der Waals surface area contributed by atoms with E-state index in [0.29, 0.717) is 36.9 Å². The van der Waals surface area contributed by atoms with Crippen LogP contribution in [0.5, 0.6) is 0 Å². The first-order chi connectivity index (χ1) is 31.2. The monoisotopic (exact) mass is 870 g/mol. The van der Waals surface area contributed by atoms with Gasteiger partial charge in [-0.3, -0.25) is 15.1 Å². The molecule has 6 heterocycles. The van der Waals surface area contributed by atoms with Crippen molar-refractivity contribution in [1.82, 2.24) is 46.6 Å². The summed E-state index contributed by atoms with van der Waals surface area (Å²) < 4.78 is 0. The van der Waals surface area contributed by atoms with Gasteiger partial charge in [0.15, 0.2) is 0 Å². The smallest absolute Gasteiger partial charge is 0.103 e. The van der Waals surface area contributed by atoms with Gasteiger partial charge in [-0.2, -0.15) is 0 Å². The maximum absolute atomic E-state index is 4.03. The maximum atomic E-state index is 4.03. The molecule has 9 nitrogen and oxygen atoms in total. The van der Waals surface area contributed by atoms with Crippen molar-refractivity contribution in [2.24, 2.45) is 35.5 Å². The molecule has 5 saturated heterocycles. The molecule has 10 rings (SSSR count). The fraction of sp³-hybridized carbons (Fsp3) is 0.926. The summed E-state index contributed by atoms with van der Waals surface area (Å²) in [5.74, 6) is 7.10. The van der Waals surface area contributed by atoms with E-state index in [1.807, 2.05) is 0 Å². The molecule has 0 spiro atoms. The molecule has 0 radical (unpaired) electrons. The molecule has 356 valence electrons. The highest BCUT2D eigenvalue weighted by molar-refractivity contribution is 5.18. The van der Waals surface area contributed by atoms with Crippen molar-refractivity contribution in [3.63, 3.8) is 0 Å². The highest BCUT2D eigenvalue weighted by atomic mass is 15.4. The van der Waals surface area contributed by atoms with Crippen molar-refractivity contribution in [2.45, 2.75) is 242 Å². The standard InChI is InChI=1S/C54H95N9/c1-7-31-55-49(13-1)61(50-14-2-8-32-56-50)46-25-19-40(20-26-46)43-37-44(41-21-27-47(28-22-41)62(51-15-3-9-33-57-51)52-16-4-10-34-58-52)39-45(38-43)42-23-29-48(30-24-42)63(53-17-5-11-35-59-53)54-18-6-12-36-60-54/h1,7,13,40-48,50-60H,2-6,8-12,14-39H2. The van der Waals surface area contributed by atoms with Crippen LogP contribution < -0.4 is 31.9 Å². The molecule has 0 aromatic rings. The summed E-state index contributed by atoms with van der Waals surface area (Å²) in [5.41, 5.74) is 0. The van der Waals surface area contributed by atoms with Crippen LogP contribution in [0.15, 0.2) is 24.0 Å². The number of allylic oxidation sites excluding steroid dienone is 2. The van der Waals surface area contributed by atoms with E-state index < -0.39 is 0 Å². The van der Waals surface area contributed by atoms with E-state index in [9.17, 15) is 0 Å². The van der Waals surface area contributed by atoms with Crippen molar-refractivity contribution in [3.05, 3.63) is 24.0 Å². The second-order valence-corrected chi connectivity index (χ2v) is 23.2. The van der Waals surface area contributed by atoms with E-state index in [4.69, 9.17) is 0 Å². The lowest BCUT2D eigenvalue weighted by Crippen LogP contribution is -2.62. The van der Waals surface area contributed by atoms with Crippen LogP contribution in [0.2, 0.25) is 0 Å². The predicted molar refractivity (Wildman–Crippen MR) is 261 cm³/mol. The minimum atomic E-state index is 0.497. The fourth-order valence-electron chi connectivity index (χ4n) is 16.3. The Balaban J connectivity index is 0.823. The predicted octanol–water partition coefficient (Wildman–Crippen LogP) is 9.10. The van der Waals surface area contributed by atoms with Crippen LogP contribution in [0.4, 0.5) is 0 Å². The molecule has 0 bridgehead atoms. The molecule has 7 unspecified atom stereocenters. The van der Waals surface area contributed by atoms with E-state index >= 15 is 0 Å². The quantitative estimate of drug-likeness (QED) is 0.115. The van der Waals surface area contributed by atoms with Gasteiger partial charge in [-0.1, -0.05) is 12.2 Å². The van der Waals surface area contributed by atoms with E-state index in [2.05, 4.69) is 64.8 Å². The van der Waals surface area contributed by atoms with Gasteiger partial charge in [-0.05, 0) is 267 Å². The molecule has 4 saturated carbocycles. The molecule has 63 heavy (non-hydrogen) atoms. The van der Waals surface area contributed by atoms with Gasteiger partial charge < -0.3 is 31.5 Å². The Bertz CT molecular complexity index is 1300. The number of hydrogen-bond acceptors (Lipinski definition) is 9. The summed E-state index contributed by atoms with van der Waals surface area (Å²) in [6, 6.07) is 2.20. The van der Waals surface area contributed by atoms with Gasteiger partial charge in [0.05, 0.1) is 30.8 Å². The van der Waals surface area contributed by atoms with Crippen LogP contribution in [-0.2, 0) is 0 Å². The number of nitrogens with zero attached hydrogens (tertiary/aromatic N) is 3. The first-order valence-corrected chi connectivity index (χ1v) is 28.4. The molecule has 9 heteroatoms. The highest BCUT2D eigenvalue weighted by Crippen LogP contribution is 2.52. The number of nitrogens with one attached hydrogen (secondary N) is 6. The van der Waals surface area contributed by atoms with Gasteiger partial charge in [0, 0.05) is 24.7 Å².